The van der Waals surface area contributed by atoms with Crippen molar-refractivity contribution < 1.29 is 0 Å². The number of nitrogens with one attached hydrogen (secondary N) is 1. The van der Waals surface area contributed by atoms with Crippen LogP contribution in [0, 0.1) is 0 Å². The first-order valence-electron chi connectivity index (χ1n) is 23.2. The number of hydrogen-bond donors (Lipinski definition) is 1. The van der Waals surface area contributed by atoms with Gasteiger partial charge in [0.1, 0.15) is 5.84 Å². The Bertz CT molecular complexity index is 3150. The Hall–Kier alpha value is -7.95. The number of benzene rings is 8. The van der Waals surface area contributed by atoms with Crippen molar-refractivity contribution in [1.29, 1.82) is 0 Å². The Morgan fingerprint density at radius 3 is 1.47 bits per heavy atom. The van der Waals surface area contributed by atoms with E-state index in [4.69, 9.17) is 15.0 Å². The van der Waals surface area contributed by atoms with Gasteiger partial charge in [0.05, 0.1) is 17.4 Å². The SMILES string of the molecule is C1=C(c2ccc(C3(c4ccc(-c5cc(-c6cccc(-c7ccccc7)c6)nc(-c6ccccc6)n5)cc4)CCCCC3)cc2)NC(c2ccccc2)=NC1c1cccc(-c2ccccc2)c1. The van der Waals surface area contributed by atoms with E-state index in [9.17, 15) is 0 Å². The Morgan fingerprint density at radius 1 is 0.379 bits per heavy atom. The molecule has 0 amide bonds. The van der Waals surface area contributed by atoms with Crippen molar-refractivity contribution >= 4 is 11.5 Å². The predicted octanol–water partition coefficient (Wildman–Crippen LogP) is 15.2. The zero-order valence-corrected chi connectivity index (χ0v) is 36.9. The van der Waals surface area contributed by atoms with Crippen LogP contribution >= 0.6 is 0 Å². The van der Waals surface area contributed by atoms with Gasteiger partial charge in [0.15, 0.2) is 5.82 Å². The predicted molar refractivity (Wildman–Crippen MR) is 273 cm³/mol. The van der Waals surface area contributed by atoms with Gasteiger partial charge in [-0.25, -0.2) is 9.97 Å². The molecule has 0 bridgehead atoms. The molecule has 8 aromatic carbocycles. The minimum atomic E-state index is -0.141. The third-order valence-electron chi connectivity index (χ3n) is 13.4. The first kappa shape index (κ1) is 40.8. The molecule has 1 saturated carbocycles. The molecule has 1 atom stereocenters. The number of aromatic nitrogens is 2. The Morgan fingerprint density at radius 2 is 0.864 bits per heavy atom. The number of hydrogen-bond acceptors (Lipinski definition) is 4. The minimum absolute atomic E-state index is 0.0787. The van der Waals surface area contributed by atoms with Gasteiger partial charge in [0.2, 0.25) is 0 Å². The molecule has 9 aromatic rings. The molecular formula is C62H50N4. The average molecular weight is 851 g/mol. The Balaban J connectivity index is 0.920. The van der Waals surface area contributed by atoms with E-state index in [0.29, 0.717) is 0 Å². The summed E-state index contributed by atoms with van der Waals surface area (Å²) in [6, 6.07) is 80.0. The number of rotatable bonds is 10. The van der Waals surface area contributed by atoms with Crippen molar-refractivity contribution in [2.75, 3.05) is 0 Å². The second-order valence-electron chi connectivity index (χ2n) is 17.6. The molecule has 2 aliphatic rings. The van der Waals surface area contributed by atoms with Gasteiger partial charge in [-0.2, -0.15) is 0 Å². The van der Waals surface area contributed by atoms with Crippen molar-refractivity contribution in [1.82, 2.24) is 15.3 Å². The van der Waals surface area contributed by atoms with E-state index in [1.807, 2.05) is 18.2 Å². The van der Waals surface area contributed by atoms with Crippen molar-refractivity contribution in [3.63, 3.8) is 0 Å². The van der Waals surface area contributed by atoms with E-state index in [0.717, 1.165) is 80.5 Å². The van der Waals surface area contributed by atoms with Crippen molar-refractivity contribution in [3.8, 4) is 56.2 Å². The van der Waals surface area contributed by atoms with Gasteiger partial charge >= 0.3 is 0 Å². The largest absolute Gasteiger partial charge is 0.340 e. The molecule has 1 aromatic heterocycles. The lowest BCUT2D eigenvalue weighted by Gasteiger charge is -2.39. The van der Waals surface area contributed by atoms with Crippen LogP contribution in [0.4, 0.5) is 0 Å². The maximum atomic E-state index is 5.28. The summed E-state index contributed by atoms with van der Waals surface area (Å²) in [5.41, 5.74) is 16.8. The van der Waals surface area contributed by atoms with Crippen LogP contribution in [-0.4, -0.2) is 15.8 Å². The molecule has 0 saturated heterocycles. The zero-order valence-electron chi connectivity index (χ0n) is 36.9. The average Bonchev–Trinajstić information content (AvgIpc) is 3.42. The summed E-state index contributed by atoms with van der Waals surface area (Å²) in [6.07, 6.45) is 8.18. The van der Waals surface area contributed by atoms with Crippen LogP contribution in [0.1, 0.15) is 66.0 Å². The molecule has 2 heterocycles. The molecular weight excluding hydrogens is 801 g/mol. The molecule has 4 heteroatoms. The summed E-state index contributed by atoms with van der Waals surface area (Å²) < 4.78 is 0. The van der Waals surface area contributed by atoms with Crippen molar-refractivity contribution in [2.45, 2.75) is 43.6 Å². The number of aliphatic imine (C=N–C) groups is 1. The lowest BCUT2D eigenvalue weighted by Crippen LogP contribution is -2.30. The van der Waals surface area contributed by atoms with Gasteiger partial charge in [-0.05, 0) is 81.6 Å². The summed E-state index contributed by atoms with van der Waals surface area (Å²) in [5.74, 6) is 1.60. The quantitative estimate of drug-likeness (QED) is 0.149. The molecule has 1 aliphatic heterocycles. The van der Waals surface area contributed by atoms with E-state index in [1.165, 1.54) is 47.1 Å². The van der Waals surface area contributed by atoms with E-state index < -0.39 is 0 Å². The fourth-order valence-corrected chi connectivity index (χ4v) is 9.93. The topological polar surface area (TPSA) is 50.2 Å². The lowest BCUT2D eigenvalue weighted by molar-refractivity contribution is 0.346. The molecule has 318 valence electrons. The molecule has 1 unspecified atom stereocenters. The van der Waals surface area contributed by atoms with Crippen LogP contribution in [0.3, 0.4) is 0 Å². The summed E-state index contributed by atoms with van der Waals surface area (Å²) in [4.78, 5) is 15.6. The molecule has 1 fully saturated rings. The van der Waals surface area contributed by atoms with E-state index >= 15 is 0 Å². The number of nitrogens with zero attached hydrogens (tertiary/aromatic N) is 3. The first-order valence-corrected chi connectivity index (χ1v) is 23.2. The van der Waals surface area contributed by atoms with Crippen molar-refractivity contribution in [3.05, 3.63) is 258 Å². The summed E-state index contributed by atoms with van der Waals surface area (Å²) >= 11 is 0. The summed E-state index contributed by atoms with van der Waals surface area (Å²) in [6.45, 7) is 0. The Labute approximate surface area is 388 Å². The van der Waals surface area contributed by atoms with Gasteiger partial charge in [-0.1, -0.05) is 226 Å². The Kier molecular flexibility index (Phi) is 11.3. The number of amidine groups is 1. The van der Waals surface area contributed by atoms with Crippen LogP contribution < -0.4 is 5.32 Å². The second kappa shape index (κ2) is 18.3. The van der Waals surface area contributed by atoms with Gasteiger partial charge in [0, 0.05) is 33.4 Å². The summed E-state index contributed by atoms with van der Waals surface area (Å²) in [5, 5.41) is 3.73. The van der Waals surface area contributed by atoms with E-state index in [-0.39, 0.29) is 11.5 Å². The van der Waals surface area contributed by atoms with Crippen LogP contribution in [0.5, 0.6) is 0 Å². The van der Waals surface area contributed by atoms with Gasteiger partial charge < -0.3 is 5.32 Å². The highest BCUT2D eigenvalue weighted by atomic mass is 15.0. The van der Waals surface area contributed by atoms with Gasteiger partial charge in [-0.15, -0.1) is 0 Å². The van der Waals surface area contributed by atoms with Gasteiger partial charge in [0.25, 0.3) is 0 Å². The van der Waals surface area contributed by atoms with Crippen molar-refractivity contribution in [2.24, 2.45) is 4.99 Å². The van der Waals surface area contributed by atoms with Crippen LogP contribution in [0.2, 0.25) is 0 Å². The molecule has 0 spiro atoms. The summed E-state index contributed by atoms with van der Waals surface area (Å²) in [7, 11) is 0. The van der Waals surface area contributed by atoms with Gasteiger partial charge in [-0.3, -0.25) is 4.99 Å². The molecule has 1 aliphatic carbocycles. The zero-order chi connectivity index (χ0) is 44.1. The third-order valence-corrected chi connectivity index (χ3v) is 13.4. The maximum Gasteiger partial charge on any atom is 0.160 e. The second-order valence-corrected chi connectivity index (χ2v) is 17.6. The first-order chi connectivity index (χ1) is 32.6. The monoisotopic (exact) mass is 850 g/mol. The highest BCUT2D eigenvalue weighted by Gasteiger charge is 2.36. The highest BCUT2D eigenvalue weighted by Crippen LogP contribution is 2.46. The van der Waals surface area contributed by atoms with Crippen LogP contribution in [0.15, 0.2) is 236 Å². The normalized spacial score (nSPS) is 15.5. The van der Waals surface area contributed by atoms with Crippen LogP contribution in [-0.2, 0) is 5.41 Å². The third kappa shape index (κ3) is 8.42. The molecule has 66 heavy (non-hydrogen) atoms. The fourth-order valence-electron chi connectivity index (χ4n) is 9.93. The van der Waals surface area contributed by atoms with Crippen LogP contribution in [0.25, 0.3) is 61.9 Å². The molecule has 1 N–H and O–H groups in total. The smallest absolute Gasteiger partial charge is 0.160 e. The fraction of sp³-hybridized carbons (Fsp3) is 0.113. The maximum absolute atomic E-state index is 5.28. The van der Waals surface area contributed by atoms with E-state index in [1.54, 1.807) is 0 Å². The lowest BCUT2D eigenvalue weighted by atomic mass is 9.65. The highest BCUT2D eigenvalue weighted by molar-refractivity contribution is 6.05. The standard InChI is InChI=1S/C62H50N4/c1-6-18-44(19-7-1)50-26-16-28-52(40-50)58-42-56(63-60(65-58)48-22-10-3-11-23-48)46-30-34-54(35-31-46)62(38-14-5-15-39-62)55-36-32-47(33-37-55)57-43-59(66-61(64-57)49-24-12-4-13-25-49)53-29-17-27-51(41-53)45-20-8-2-9-21-45/h1-4,6-13,16-37,40-43,58H,5,14-15,38-39H2,(H,63,65). The minimum Gasteiger partial charge on any atom is -0.340 e. The molecule has 4 nitrogen and oxygen atoms in total. The van der Waals surface area contributed by atoms with E-state index in [2.05, 4.69) is 218 Å². The molecule has 0 radical (unpaired) electrons. The molecule has 11 rings (SSSR count).